The summed E-state index contributed by atoms with van der Waals surface area (Å²) in [6.45, 7) is 0.803. The molecule has 1 amide bonds. The normalized spacial score (nSPS) is 26.5. The molecule has 0 aliphatic carbocycles. The van der Waals surface area contributed by atoms with Crippen LogP contribution in [-0.2, 0) is 14.3 Å². The zero-order chi connectivity index (χ0) is 15.5. The van der Waals surface area contributed by atoms with Crippen molar-refractivity contribution in [2.45, 2.75) is 50.2 Å². The molecule has 0 radical (unpaired) electrons. The van der Waals surface area contributed by atoms with Crippen LogP contribution in [0.15, 0.2) is 0 Å². The van der Waals surface area contributed by atoms with E-state index in [1.165, 1.54) is 0 Å². The lowest BCUT2D eigenvalue weighted by Crippen LogP contribution is -2.52. The lowest BCUT2D eigenvalue weighted by atomic mass is 10.1. The molecule has 0 saturated carbocycles. The number of ether oxygens (including phenoxy) is 2. The van der Waals surface area contributed by atoms with Crippen LogP contribution in [0, 0.1) is 0 Å². The van der Waals surface area contributed by atoms with Gasteiger partial charge < -0.3 is 14.4 Å². The topological polar surface area (TPSA) is 38.8 Å². The van der Waals surface area contributed by atoms with Gasteiger partial charge in [-0.3, -0.25) is 4.79 Å². The molecule has 21 heavy (non-hydrogen) atoms. The van der Waals surface area contributed by atoms with Crippen molar-refractivity contribution >= 4 is 5.91 Å². The number of hydrogen-bond donors (Lipinski definition) is 0. The Morgan fingerprint density at radius 3 is 1.90 bits per heavy atom. The average Bonchev–Trinajstić information content (AvgIpc) is 3.10. The number of amides is 1. The van der Waals surface area contributed by atoms with E-state index in [0.29, 0.717) is 26.1 Å². The van der Waals surface area contributed by atoms with Gasteiger partial charge in [0.2, 0.25) is 0 Å². The monoisotopic (exact) mass is 313 g/mol. The second kappa shape index (κ2) is 6.91. The van der Waals surface area contributed by atoms with Crippen LogP contribution in [0.4, 0.5) is 17.6 Å². The maximum atomic E-state index is 13.3. The van der Waals surface area contributed by atoms with E-state index in [4.69, 9.17) is 9.47 Å². The molecule has 2 heterocycles. The average molecular weight is 313 g/mol. The molecule has 0 aromatic heterocycles. The highest BCUT2D eigenvalue weighted by Crippen LogP contribution is 2.27. The van der Waals surface area contributed by atoms with Gasteiger partial charge in [-0.1, -0.05) is 0 Å². The number of nitrogens with zero attached hydrogens (tertiary/aromatic N) is 1. The maximum Gasteiger partial charge on any atom is 0.383 e. The number of carbonyl (C=O) groups is 1. The van der Waals surface area contributed by atoms with Crippen LogP contribution in [0.2, 0.25) is 0 Å². The summed E-state index contributed by atoms with van der Waals surface area (Å²) in [5.74, 6) is -6.51. The highest BCUT2D eigenvalue weighted by atomic mass is 19.3. The predicted molar refractivity (Wildman–Crippen MR) is 65.5 cm³/mol. The van der Waals surface area contributed by atoms with E-state index in [2.05, 4.69) is 0 Å². The summed E-state index contributed by atoms with van der Waals surface area (Å²) in [5.41, 5.74) is 0. The second-order valence-corrected chi connectivity index (χ2v) is 5.40. The van der Waals surface area contributed by atoms with E-state index in [-0.39, 0.29) is 25.3 Å². The Morgan fingerprint density at radius 2 is 1.57 bits per heavy atom. The SMILES string of the molecule is O=C(N(CC1CCCO1)CC1CCCO1)C(F)(F)C(F)F. The smallest absolute Gasteiger partial charge is 0.376 e. The quantitative estimate of drug-likeness (QED) is 0.705. The summed E-state index contributed by atoms with van der Waals surface area (Å²) in [5, 5.41) is 0. The Kier molecular flexibility index (Phi) is 5.43. The van der Waals surface area contributed by atoms with Crippen molar-refractivity contribution < 1.29 is 31.8 Å². The number of hydrogen-bond acceptors (Lipinski definition) is 3. The minimum atomic E-state index is -4.67. The Bertz CT molecular complexity index is 337. The fourth-order valence-corrected chi connectivity index (χ4v) is 2.61. The van der Waals surface area contributed by atoms with Crippen molar-refractivity contribution in [3.63, 3.8) is 0 Å². The molecular weight excluding hydrogens is 294 g/mol. The largest absolute Gasteiger partial charge is 0.383 e. The van der Waals surface area contributed by atoms with Crippen LogP contribution in [0.25, 0.3) is 0 Å². The molecular formula is C13H19F4NO3. The molecule has 2 aliphatic rings. The van der Waals surface area contributed by atoms with E-state index in [1.807, 2.05) is 0 Å². The van der Waals surface area contributed by atoms with Gasteiger partial charge >= 0.3 is 12.3 Å². The van der Waals surface area contributed by atoms with Gasteiger partial charge in [0.25, 0.3) is 5.91 Å². The number of rotatable bonds is 6. The van der Waals surface area contributed by atoms with Gasteiger partial charge in [-0.2, -0.15) is 8.78 Å². The fraction of sp³-hybridized carbons (Fsp3) is 0.923. The highest BCUT2D eigenvalue weighted by Gasteiger charge is 2.51. The summed E-state index contributed by atoms with van der Waals surface area (Å²) in [4.78, 5) is 12.5. The molecule has 4 nitrogen and oxygen atoms in total. The third kappa shape index (κ3) is 4.06. The Balaban J connectivity index is 2.03. The molecule has 2 unspecified atom stereocenters. The van der Waals surface area contributed by atoms with E-state index >= 15 is 0 Å². The molecule has 2 saturated heterocycles. The van der Waals surface area contributed by atoms with Crippen LogP contribution in [0.3, 0.4) is 0 Å². The van der Waals surface area contributed by atoms with Crippen LogP contribution >= 0.6 is 0 Å². The molecule has 0 N–H and O–H groups in total. The first-order valence-electron chi connectivity index (χ1n) is 7.10. The van der Waals surface area contributed by atoms with Crippen LogP contribution < -0.4 is 0 Å². The van der Waals surface area contributed by atoms with Crippen molar-refractivity contribution in [2.75, 3.05) is 26.3 Å². The number of halogens is 4. The van der Waals surface area contributed by atoms with Crippen molar-refractivity contribution in [1.29, 1.82) is 0 Å². The van der Waals surface area contributed by atoms with Gasteiger partial charge in [0.15, 0.2) is 0 Å². The molecule has 2 aliphatic heterocycles. The van der Waals surface area contributed by atoms with Gasteiger partial charge in [-0.25, -0.2) is 8.78 Å². The Hall–Kier alpha value is -0.890. The maximum absolute atomic E-state index is 13.3. The third-order valence-corrected chi connectivity index (χ3v) is 3.74. The summed E-state index contributed by atoms with van der Waals surface area (Å²) in [6.07, 6.45) is -1.94. The van der Waals surface area contributed by atoms with Crippen LogP contribution in [0.5, 0.6) is 0 Å². The van der Waals surface area contributed by atoms with E-state index in [1.54, 1.807) is 0 Å². The molecule has 2 rings (SSSR count). The summed E-state index contributed by atoms with van der Waals surface area (Å²) >= 11 is 0. The lowest BCUT2D eigenvalue weighted by molar-refractivity contribution is -0.183. The van der Waals surface area contributed by atoms with E-state index in [9.17, 15) is 22.4 Å². The molecule has 0 aromatic rings. The zero-order valence-corrected chi connectivity index (χ0v) is 11.6. The summed E-state index contributed by atoms with van der Waals surface area (Å²) in [6, 6.07) is 0. The van der Waals surface area contributed by atoms with Crippen LogP contribution in [0.1, 0.15) is 25.7 Å². The first kappa shape index (κ1) is 16.5. The highest BCUT2D eigenvalue weighted by molar-refractivity contribution is 5.84. The van der Waals surface area contributed by atoms with E-state index in [0.717, 1.165) is 17.7 Å². The number of carbonyl (C=O) groups excluding carboxylic acids is 1. The van der Waals surface area contributed by atoms with Crippen LogP contribution in [-0.4, -0.2) is 61.7 Å². The van der Waals surface area contributed by atoms with E-state index < -0.39 is 18.3 Å². The Morgan fingerprint density at radius 1 is 1.10 bits per heavy atom. The minimum Gasteiger partial charge on any atom is -0.376 e. The minimum absolute atomic E-state index is 0.0962. The molecule has 2 fully saturated rings. The fourth-order valence-electron chi connectivity index (χ4n) is 2.61. The standard InChI is InChI=1S/C13H19F4NO3/c14-11(15)13(16,17)12(19)18(7-9-3-1-5-20-9)8-10-4-2-6-21-10/h9-11H,1-8H2. The van der Waals surface area contributed by atoms with Gasteiger partial charge in [0, 0.05) is 26.3 Å². The summed E-state index contributed by atoms with van der Waals surface area (Å²) in [7, 11) is 0. The van der Waals surface area contributed by atoms with Gasteiger partial charge in [-0.15, -0.1) is 0 Å². The molecule has 0 bridgehead atoms. The van der Waals surface area contributed by atoms with Gasteiger partial charge in [0.1, 0.15) is 0 Å². The second-order valence-electron chi connectivity index (χ2n) is 5.40. The van der Waals surface area contributed by atoms with Crippen molar-refractivity contribution in [2.24, 2.45) is 0 Å². The lowest BCUT2D eigenvalue weighted by Gasteiger charge is -2.30. The first-order valence-corrected chi connectivity index (χ1v) is 7.10. The summed E-state index contributed by atoms with van der Waals surface area (Å²) < 4.78 is 62.0. The van der Waals surface area contributed by atoms with Crippen molar-refractivity contribution in [3.8, 4) is 0 Å². The molecule has 122 valence electrons. The molecule has 8 heteroatoms. The molecule has 2 atom stereocenters. The van der Waals surface area contributed by atoms with Gasteiger partial charge in [0.05, 0.1) is 12.2 Å². The number of alkyl halides is 4. The molecule has 0 aromatic carbocycles. The van der Waals surface area contributed by atoms with Crippen molar-refractivity contribution in [1.82, 2.24) is 4.90 Å². The van der Waals surface area contributed by atoms with Crippen molar-refractivity contribution in [3.05, 3.63) is 0 Å². The first-order chi connectivity index (χ1) is 9.91. The zero-order valence-electron chi connectivity index (χ0n) is 11.6. The third-order valence-electron chi connectivity index (χ3n) is 3.74. The Labute approximate surface area is 120 Å². The molecule has 0 spiro atoms. The van der Waals surface area contributed by atoms with Gasteiger partial charge in [-0.05, 0) is 25.7 Å². The predicted octanol–water partition coefficient (Wildman–Crippen LogP) is 2.07.